The van der Waals surface area contributed by atoms with Crippen molar-refractivity contribution in [2.24, 2.45) is 11.5 Å². The molecule has 8 amide bonds. The Morgan fingerprint density at radius 1 is 0.609 bits per heavy atom. The molecule has 4 atom stereocenters. The number of carbonyl (C=O) groups is 9. The van der Waals surface area contributed by atoms with E-state index in [0.29, 0.717) is 24.1 Å². The van der Waals surface area contributed by atoms with Crippen LogP contribution in [0.15, 0.2) is 54.6 Å². The first-order chi connectivity index (χ1) is 32.4. The number of nitrogens with two attached hydrogens (primary N) is 2. The Morgan fingerprint density at radius 3 is 1.52 bits per heavy atom. The van der Waals surface area contributed by atoms with Crippen LogP contribution in [0.5, 0.6) is 0 Å². The molecule has 0 aliphatic carbocycles. The zero-order valence-corrected chi connectivity index (χ0v) is 41.0. The number of hydrogen-bond donors (Lipinski definition) is 4. The van der Waals surface area contributed by atoms with Gasteiger partial charge in [-0.3, -0.25) is 48.5 Å². The van der Waals surface area contributed by atoms with E-state index in [1.807, 2.05) is 6.92 Å². The second-order valence-electron chi connectivity index (χ2n) is 17.0. The lowest BCUT2D eigenvalue weighted by Gasteiger charge is -2.35. The standard InChI is InChI=1S/C46H69N11O12/c1-10-31(4)53(39(59)22-49-21-20-47)28-45(65)55(33(6)36-16-18-37(19-17-36)57(68)69)26-41(61)50(8)24-40(60)51(9)25-42(62)56(32(5)35-14-12-11-13-15-35)29-43(63)52(30(2)3)27-44(64)54(23-38(48)58)34(7)46(66)67/h11-19,30-34,49H,10,20-29,47H2,1-9H3,(H2,48,58)(H,66,67)/t31-,32-,33-,34-/m0/s1. The van der Waals surface area contributed by atoms with Crippen molar-refractivity contribution < 1.29 is 53.2 Å². The Kier molecular flexibility index (Phi) is 23.3. The van der Waals surface area contributed by atoms with Crippen LogP contribution in [0.1, 0.15) is 78.1 Å². The minimum atomic E-state index is -1.45. The number of likely N-dealkylation sites (N-methyl/N-ethyl adjacent to an activating group) is 2. The van der Waals surface area contributed by atoms with Crippen molar-refractivity contribution in [2.45, 2.75) is 85.1 Å². The van der Waals surface area contributed by atoms with Gasteiger partial charge in [-0.05, 0) is 59.1 Å². The van der Waals surface area contributed by atoms with Gasteiger partial charge in [0.15, 0.2) is 0 Å². The number of carboxylic acids is 1. The number of amides is 8. The Hall–Kier alpha value is -7.01. The second-order valence-corrected chi connectivity index (χ2v) is 17.0. The van der Waals surface area contributed by atoms with E-state index >= 15 is 0 Å². The van der Waals surface area contributed by atoms with E-state index in [-0.39, 0.29) is 30.7 Å². The summed E-state index contributed by atoms with van der Waals surface area (Å²) in [5.74, 6) is -6.96. The highest BCUT2D eigenvalue weighted by Gasteiger charge is 2.34. The quantitative estimate of drug-likeness (QED) is 0.0503. The summed E-state index contributed by atoms with van der Waals surface area (Å²) in [6.07, 6.45) is 0.512. The van der Waals surface area contributed by atoms with Gasteiger partial charge in [0.1, 0.15) is 38.8 Å². The number of benzene rings is 2. The number of nitro benzene ring substituents is 1. The van der Waals surface area contributed by atoms with E-state index in [4.69, 9.17) is 11.5 Å². The van der Waals surface area contributed by atoms with Crippen LogP contribution in [0.4, 0.5) is 5.69 Å². The molecule has 0 saturated carbocycles. The SMILES string of the molecule is CC[C@H](C)N(CC(=O)N(CC(=O)N(C)CC(=O)N(C)CC(=O)N(CC(=O)N(CC(=O)N(CC(N)=O)[C@@H](C)C(=O)O)C(C)C)[C@@H](C)c1ccccc1)[C@@H](C)c1ccc([N+](=O)[O-])cc1)C(=O)CNCCN. The molecule has 0 unspecified atom stereocenters. The number of rotatable bonds is 28. The number of non-ortho nitro benzene ring substituents is 1. The first-order valence-electron chi connectivity index (χ1n) is 22.5. The molecule has 380 valence electrons. The molecule has 0 aliphatic heterocycles. The Morgan fingerprint density at radius 2 is 1.04 bits per heavy atom. The molecule has 23 heteroatoms. The number of carboxylic acid groups (broad SMARTS) is 1. The highest BCUT2D eigenvalue weighted by molar-refractivity contribution is 5.94. The third-order valence-electron chi connectivity index (χ3n) is 11.7. The average molecular weight is 968 g/mol. The molecule has 2 aromatic carbocycles. The molecule has 0 heterocycles. The fourth-order valence-electron chi connectivity index (χ4n) is 7.03. The van der Waals surface area contributed by atoms with Crippen molar-refractivity contribution >= 4 is 58.9 Å². The summed E-state index contributed by atoms with van der Waals surface area (Å²) in [4.78, 5) is 139. The highest BCUT2D eigenvalue weighted by Crippen LogP contribution is 2.25. The zero-order chi connectivity index (χ0) is 52.3. The first-order valence-corrected chi connectivity index (χ1v) is 22.5. The predicted molar refractivity (Wildman–Crippen MR) is 253 cm³/mol. The van der Waals surface area contributed by atoms with Gasteiger partial charge < -0.3 is 56.2 Å². The molecular formula is C46H69N11O12. The van der Waals surface area contributed by atoms with E-state index < -0.39 is 122 Å². The maximum Gasteiger partial charge on any atom is 0.326 e. The lowest BCUT2D eigenvalue weighted by atomic mass is 10.1. The molecule has 0 saturated heterocycles. The van der Waals surface area contributed by atoms with Crippen molar-refractivity contribution in [1.29, 1.82) is 0 Å². The molecule has 0 aromatic heterocycles. The van der Waals surface area contributed by atoms with Crippen molar-refractivity contribution in [3.05, 3.63) is 75.8 Å². The normalized spacial score (nSPS) is 12.7. The summed E-state index contributed by atoms with van der Waals surface area (Å²) in [6, 6.07) is 10.1. The van der Waals surface area contributed by atoms with Crippen LogP contribution in [0, 0.1) is 10.1 Å². The maximum absolute atomic E-state index is 14.2. The van der Waals surface area contributed by atoms with Crippen LogP contribution in [0.25, 0.3) is 0 Å². The number of nitrogens with one attached hydrogen (secondary N) is 1. The molecule has 0 spiro atoms. The van der Waals surface area contributed by atoms with Gasteiger partial charge in [-0.2, -0.15) is 0 Å². The number of nitro groups is 1. The molecule has 69 heavy (non-hydrogen) atoms. The van der Waals surface area contributed by atoms with E-state index in [1.54, 1.807) is 65.0 Å². The Labute approximate surface area is 402 Å². The second kappa shape index (κ2) is 27.7. The number of aliphatic carboxylic acids is 1. The Balaban J connectivity index is 2.38. The van der Waals surface area contributed by atoms with E-state index in [9.17, 15) is 58.4 Å². The minimum absolute atomic E-state index is 0.0860. The van der Waals surface area contributed by atoms with Gasteiger partial charge in [-0.25, -0.2) is 4.79 Å². The summed E-state index contributed by atoms with van der Waals surface area (Å²) in [5, 5.41) is 23.9. The van der Waals surface area contributed by atoms with E-state index in [0.717, 1.165) is 19.6 Å². The van der Waals surface area contributed by atoms with Crippen LogP contribution in [0.3, 0.4) is 0 Å². The van der Waals surface area contributed by atoms with E-state index in [1.165, 1.54) is 60.0 Å². The molecule has 2 rings (SSSR count). The van der Waals surface area contributed by atoms with Crippen molar-refractivity contribution in [3.63, 3.8) is 0 Å². The van der Waals surface area contributed by atoms with Crippen LogP contribution in [-0.2, 0) is 43.2 Å². The van der Waals surface area contributed by atoms with Crippen molar-refractivity contribution in [3.8, 4) is 0 Å². The molecule has 6 N–H and O–H groups in total. The third-order valence-corrected chi connectivity index (χ3v) is 11.7. The lowest BCUT2D eigenvalue weighted by molar-refractivity contribution is -0.384. The van der Waals surface area contributed by atoms with Gasteiger partial charge in [0.2, 0.25) is 47.3 Å². The third kappa shape index (κ3) is 17.5. The topological polar surface area (TPSA) is 304 Å². The summed E-state index contributed by atoms with van der Waals surface area (Å²) >= 11 is 0. The highest BCUT2D eigenvalue weighted by atomic mass is 16.6. The summed E-state index contributed by atoms with van der Waals surface area (Å²) in [7, 11) is 2.66. The monoisotopic (exact) mass is 968 g/mol. The molecule has 0 fully saturated rings. The van der Waals surface area contributed by atoms with Gasteiger partial charge in [-0.15, -0.1) is 0 Å². The minimum Gasteiger partial charge on any atom is -0.480 e. The smallest absolute Gasteiger partial charge is 0.326 e. The van der Waals surface area contributed by atoms with Crippen LogP contribution >= 0.6 is 0 Å². The van der Waals surface area contributed by atoms with Crippen LogP contribution < -0.4 is 16.8 Å². The lowest BCUT2D eigenvalue weighted by Crippen LogP contribution is -2.54. The summed E-state index contributed by atoms with van der Waals surface area (Å²) in [6.45, 7) is 7.90. The first kappa shape index (κ1) is 58.1. The largest absolute Gasteiger partial charge is 0.480 e. The van der Waals surface area contributed by atoms with Crippen molar-refractivity contribution in [1.82, 2.24) is 39.6 Å². The van der Waals surface area contributed by atoms with Crippen molar-refractivity contribution in [2.75, 3.05) is 79.5 Å². The molecule has 23 nitrogen and oxygen atoms in total. The fourth-order valence-corrected chi connectivity index (χ4v) is 7.03. The van der Waals surface area contributed by atoms with Gasteiger partial charge in [0.25, 0.3) is 5.69 Å². The fraction of sp³-hybridized carbons (Fsp3) is 0.543. The van der Waals surface area contributed by atoms with Gasteiger partial charge in [-0.1, -0.05) is 49.4 Å². The van der Waals surface area contributed by atoms with E-state index in [2.05, 4.69) is 5.32 Å². The summed E-state index contributed by atoms with van der Waals surface area (Å²) in [5.41, 5.74) is 11.8. The van der Waals surface area contributed by atoms with Crippen LogP contribution in [0.2, 0.25) is 0 Å². The molecule has 0 radical (unpaired) electrons. The number of nitrogens with zero attached hydrogens (tertiary/aromatic N) is 8. The number of primary amides is 1. The maximum atomic E-state index is 14.2. The Bertz CT molecular complexity index is 2120. The summed E-state index contributed by atoms with van der Waals surface area (Å²) < 4.78 is 0. The van der Waals surface area contributed by atoms with Gasteiger partial charge in [0, 0.05) is 51.4 Å². The zero-order valence-electron chi connectivity index (χ0n) is 41.0. The molecular weight excluding hydrogens is 899 g/mol. The van der Waals surface area contributed by atoms with Crippen LogP contribution in [-0.4, -0.2) is 195 Å². The number of hydrogen-bond acceptors (Lipinski definition) is 13. The molecule has 0 aliphatic rings. The molecule has 0 bridgehead atoms. The molecule has 2 aromatic rings. The van der Waals surface area contributed by atoms with Gasteiger partial charge in [0.05, 0.1) is 36.6 Å². The average Bonchev–Trinajstić information content (AvgIpc) is 3.31. The predicted octanol–water partition coefficient (Wildman–Crippen LogP) is 0.190. The van der Waals surface area contributed by atoms with Gasteiger partial charge >= 0.3 is 5.97 Å². The number of carbonyl (C=O) groups excluding carboxylic acids is 8.